The van der Waals surface area contributed by atoms with Crippen molar-refractivity contribution < 1.29 is 13.2 Å². The maximum absolute atomic E-state index is 12.2. The molecule has 0 saturated heterocycles. The van der Waals surface area contributed by atoms with Gasteiger partial charge in [0.15, 0.2) is 5.96 Å². The minimum absolute atomic E-state index is 0.377. The summed E-state index contributed by atoms with van der Waals surface area (Å²) in [6, 6.07) is 0. The molecule has 1 heterocycles. The first kappa shape index (κ1) is 19.7. The number of hydrogen-bond donors (Lipinski definition) is 2. The Kier molecular flexibility index (Phi) is 8.32. The van der Waals surface area contributed by atoms with E-state index in [1.165, 1.54) is 11.9 Å². The second kappa shape index (κ2) is 9.71. The fourth-order valence-electron chi connectivity index (χ4n) is 1.99. The molecular formula is C14H24F3N5S. The summed E-state index contributed by atoms with van der Waals surface area (Å²) in [7, 11) is 3.13. The topological polar surface area (TPSA) is 52.6 Å². The lowest BCUT2D eigenvalue weighted by Crippen LogP contribution is -2.40. The van der Waals surface area contributed by atoms with Crippen LogP contribution in [-0.2, 0) is 6.42 Å². The highest BCUT2D eigenvalue weighted by atomic mass is 32.1. The highest BCUT2D eigenvalue weighted by Crippen LogP contribution is 2.15. The van der Waals surface area contributed by atoms with E-state index >= 15 is 0 Å². The third kappa shape index (κ3) is 9.39. The van der Waals surface area contributed by atoms with Gasteiger partial charge in [-0.15, -0.1) is 11.3 Å². The summed E-state index contributed by atoms with van der Waals surface area (Å²) in [5.41, 5.74) is 1.05. The molecule has 0 amide bonds. The monoisotopic (exact) mass is 351 g/mol. The first-order valence-electron chi connectivity index (χ1n) is 7.41. The van der Waals surface area contributed by atoms with E-state index in [1.807, 2.05) is 12.3 Å². The first-order chi connectivity index (χ1) is 10.8. The van der Waals surface area contributed by atoms with Crippen LogP contribution >= 0.6 is 11.3 Å². The Morgan fingerprint density at radius 1 is 1.35 bits per heavy atom. The van der Waals surface area contributed by atoms with Gasteiger partial charge in [-0.05, 0) is 26.9 Å². The number of aromatic nitrogens is 1. The molecule has 0 fully saturated rings. The van der Waals surface area contributed by atoms with Gasteiger partial charge in [0.1, 0.15) is 0 Å². The Hall–Kier alpha value is -1.35. The van der Waals surface area contributed by atoms with Gasteiger partial charge in [0.2, 0.25) is 0 Å². The van der Waals surface area contributed by atoms with E-state index in [2.05, 4.69) is 20.6 Å². The summed E-state index contributed by atoms with van der Waals surface area (Å²) in [6.45, 7) is 2.74. The van der Waals surface area contributed by atoms with E-state index in [4.69, 9.17) is 0 Å². The molecule has 0 radical (unpaired) electrons. The molecule has 0 bridgehead atoms. The van der Waals surface area contributed by atoms with Crippen molar-refractivity contribution in [2.75, 3.05) is 40.3 Å². The number of rotatable bonds is 8. The lowest BCUT2D eigenvalue weighted by molar-refractivity contribution is -0.143. The van der Waals surface area contributed by atoms with Gasteiger partial charge >= 0.3 is 6.18 Å². The van der Waals surface area contributed by atoms with E-state index in [0.29, 0.717) is 32.0 Å². The van der Waals surface area contributed by atoms with Gasteiger partial charge in [-0.3, -0.25) is 9.89 Å². The molecule has 0 spiro atoms. The summed E-state index contributed by atoms with van der Waals surface area (Å²) in [5, 5.41) is 9.33. The van der Waals surface area contributed by atoms with Gasteiger partial charge in [0.25, 0.3) is 0 Å². The average Bonchev–Trinajstić information content (AvgIpc) is 2.85. The van der Waals surface area contributed by atoms with Gasteiger partial charge in [-0.25, -0.2) is 4.98 Å². The van der Waals surface area contributed by atoms with Crippen molar-refractivity contribution >= 4 is 17.3 Å². The number of alkyl halides is 3. The molecule has 9 heteroatoms. The van der Waals surface area contributed by atoms with Crippen LogP contribution in [0.25, 0.3) is 0 Å². The molecule has 1 aromatic heterocycles. The van der Waals surface area contributed by atoms with Crippen LogP contribution in [-0.4, -0.2) is 62.3 Å². The Morgan fingerprint density at radius 2 is 2.04 bits per heavy atom. The van der Waals surface area contributed by atoms with Crippen molar-refractivity contribution in [1.82, 2.24) is 20.5 Å². The number of thiazole rings is 1. The third-order valence-electron chi connectivity index (χ3n) is 3.02. The van der Waals surface area contributed by atoms with Crippen LogP contribution in [0.5, 0.6) is 0 Å². The van der Waals surface area contributed by atoms with E-state index in [-0.39, 0.29) is 0 Å². The summed E-state index contributed by atoms with van der Waals surface area (Å²) >= 11 is 1.62. The molecule has 0 saturated carbocycles. The second-order valence-electron chi connectivity index (χ2n) is 5.24. The molecule has 0 aliphatic heterocycles. The zero-order valence-electron chi connectivity index (χ0n) is 13.7. The molecule has 0 aliphatic rings. The van der Waals surface area contributed by atoms with E-state index in [9.17, 15) is 13.2 Å². The number of guanidine groups is 1. The maximum atomic E-state index is 12.2. The molecule has 23 heavy (non-hydrogen) atoms. The molecule has 5 nitrogen and oxygen atoms in total. The van der Waals surface area contributed by atoms with Crippen molar-refractivity contribution in [2.45, 2.75) is 25.9 Å². The summed E-state index contributed by atoms with van der Waals surface area (Å²) in [5.74, 6) is 0.649. The molecule has 1 rings (SSSR count). The summed E-state index contributed by atoms with van der Waals surface area (Å²) in [4.78, 5) is 9.73. The Balaban J connectivity index is 2.14. The van der Waals surface area contributed by atoms with Crippen molar-refractivity contribution in [3.63, 3.8) is 0 Å². The first-order valence-corrected chi connectivity index (χ1v) is 8.29. The molecule has 0 atom stereocenters. The Bertz CT molecular complexity index is 487. The van der Waals surface area contributed by atoms with Crippen molar-refractivity contribution in [3.8, 4) is 0 Å². The lowest BCUT2D eigenvalue weighted by atomic mass is 10.3. The molecular weight excluding hydrogens is 327 g/mol. The van der Waals surface area contributed by atoms with Gasteiger partial charge in [0.05, 0.1) is 17.2 Å². The van der Waals surface area contributed by atoms with E-state index in [0.717, 1.165) is 17.1 Å². The lowest BCUT2D eigenvalue weighted by Gasteiger charge is -2.18. The fraction of sp³-hybridized carbons (Fsp3) is 0.714. The fourth-order valence-corrected chi connectivity index (χ4v) is 2.64. The summed E-state index contributed by atoms with van der Waals surface area (Å²) < 4.78 is 36.6. The third-order valence-corrected chi connectivity index (χ3v) is 3.84. The largest absolute Gasteiger partial charge is 0.401 e. The number of halogens is 3. The Labute approximate surface area is 139 Å². The molecule has 0 unspecified atom stereocenters. The normalized spacial score (nSPS) is 12.7. The van der Waals surface area contributed by atoms with Crippen molar-refractivity contribution in [3.05, 3.63) is 16.1 Å². The second-order valence-corrected chi connectivity index (χ2v) is 6.30. The number of hydrogen-bond acceptors (Lipinski definition) is 4. The smallest absolute Gasteiger partial charge is 0.356 e. The van der Waals surface area contributed by atoms with Gasteiger partial charge in [-0.2, -0.15) is 13.2 Å². The van der Waals surface area contributed by atoms with Crippen LogP contribution in [0, 0.1) is 6.92 Å². The minimum atomic E-state index is -4.15. The van der Waals surface area contributed by atoms with Gasteiger partial charge < -0.3 is 10.6 Å². The predicted molar refractivity (Wildman–Crippen MR) is 88.1 cm³/mol. The van der Waals surface area contributed by atoms with E-state index < -0.39 is 12.7 Å². The van der Waals surface area contributed by atoms with Crippen molar-refractivity contribution in [2.24, 2.45) is 4.99 Å². The number of nitrogens with zero attached hydrogens (tertiary/aromatic N) is 3. The molecule has 1 aromatic rings. The van der Waals surface area contributed by atoms with Crippen molar-refractivity contribution in [1.29, 1.82) is 0 Å². The molecule has 0 aliphatic carbocycles. The molecule has 0 aromatic carbocycles. The summed E-state index contributed by atoms with van der Waals surface area (Å²) in [6.07, 6.45) is -2.73. The van der Waals surface area contributed by atoms with Crippen LogP contribution in [0.1, 0.15) is 17.1 Å². The predicted octanol–water partition coefficient (Wildman–Crippen LogP) is 2.04. The number of nitrogens with one attached hydrogen (secondary N) is 2. The minimum Gasteiger partial charge on any atom is -0.356 e. The van der Waals surface area contributed by atoms with E-state index in [1.54, 1.807) is 18.4 Å². The average molecular weight is 351 g/mol. The van der Waals surface area contributed by atoms with Gasteiger partial charge in [-0.1, -0.05) is 0 Å². The highest BCUT2D eigenvalue weighted by Gasteiger charge is 2.28. The van der Waals surface area contributed by atoms with Crippen LogP contribution in [0.4, 0.5) is 13.2 Å². The highest BCUT2D eigenvalue weighted by molar-refractivity contribution is 7.09. The van der Waals surface area contributed by atoms with Crippen LogP contribution in [0.2, 0.25) is 0 Å². The SMILES string of the molecule is CN=C(NCCCN(C)CC(F)(F)F)NCCc1csc(C)n1. The zero-order valence-corrected chi connectivity index (χ0v) is 14.5. The Morgan fingerprint density at radius 3 is 2.61 bits per heavy atom. The number of aryl methyl sites for hydroxylation is 1. The van der Waals surface area contributed by atoms with Crippen LogP contribution in [0.15, 0.2) is 10.4 Å². The maximum Gasteiger partial charge on any atom is 0.401 e. The standard InChI is InChI=1S/C14H24F3N5S/c1-11-21-12(9-23-11)5-7-20-13(18-2)19-6-4-8-22(3)10-14(15,16)17/h9H,4-8,10H2,1-3H3,(H2,18,19,20). The molecule has 132 valence electrons. The number of aliphatic imine (C=N–C) groups is 1. The zero-order chi connectivity index (χ0) is 17.3. The quantitative estimate of drug-likeness (QED) is 0.428. The molecule has 2 N–H and O–H groups in total. The van der Waals surface area contributed by atoms with Crippen LogP contribution < -0.4 is 10.6 Å². The van der Waals surface area contributed by atoms with Gasteiger partial charge in [0, 0.05) is 31.9 Å². The van der Waals surface area contributed by atoms with Crippen LogP contribution in [0.3, 0.4) is 0 Å².